The number of Topliss-reactive ketones (excluding diaryl/α,β-unsaturated/α-hetero) is 1. The molecule has 2 unspecified atom stereocenters. The van der Waals surface area contributed by atoms with Crippen LogP contribution in [0.15, 0.2) is 30.0 Å². The molecule has 174 valence electrons. The highest BCUT2D eigenvalue weighted by atomic mass is 16.5. The molecule has 3 heterocycles. The summed E-state index contributed by atoms with van der Waals surface area (Å²) in [6, 6.07) is 5.31. The van der Waals surface area contributed by atoms with Gasteiger partial charge in [-0.2, -0.15) is 0 Å². The van der Waals surface area contributed by atoms with Crippen LogP contribution in [0.1, 0.15) is 50.4 Å². The van der Waals surface area contributed by atoms with Crippen LogP contribution in [-0.4, -0.2) is 60.2 Å². The lowest BCUT2D eigenvalue weighted by Crippen LogP contribution is -2.33. The third-order valence-corrected chi connectivity index (χ3v) is 7.34. The highest BCUT2D eigenvalue weighted by molar-refractivity contribution is 6.10. The Kier molecular flexibility index (Phi) is 4.09. The molecule has 34 heavy (non-hydrogen) atoms. The number of benzene rings is 1. The molecule has 1 spiro atoms. The summed E-state index contributed by atoms with van der Waals surface area (Å²) in [5.41, 5.74) is 3.01. The molecule has 1 aliphatic heterocycles. The molecule has 2 N–H and O–H groups in total. The fraction of sp³-hybridized carbons (Fsp3) is 0.320. The topological polar surface area (TPSA) is 114 Å². The second-order valence-electron chi connectivity index (χ2n) is 9.00. The van der Waals surface area contributed by atoms with Gasteiger partial charge in [-0.25, -0.2) is 0 Å². The number of hydrogen-bond acceptors (Lipinski definition) is 6. The number of carbonyl (C=O) groups is 3. The van der Waals surface area contributed by atoms with E-state index in [2.05, 4.69) is 9.97 Å². The number of fused-ring (bicyclic) bond motifs is 2. The van der Waals surface area contributed by atoms with E-state index in [1.807, 2.05) is 0 Å². The molecule has 2 atom stereocenters. The average molecular weight is 461 g/mol. The van der Waals surface area contributed by atoms with Gasteiger partial charge >= 0.3 is 0 Å². The minimum Gasteiger partial charge on any atom is -0.493 e. The molecule has 2 fully saturated rings. The number of likely N-dealkylation sites (tertiary alicyclic amines) is 1. The number of piperidine rings is 1. The van der Waals surface area contributed by atoms with Gasteiger partial charge in [0.05, 0.1) is 38.2 Å². The Labute approximate surface area is 194 Å². The highest BCUT2D eigenvalue weighted by Gasteiger charge is 2.67. The Morgan fingerprint density at radius 1 is 1.03 bits per heavy atom. The van der Waals surface area contributed by atoms with Crippen LogP contribution in [0.25, 0.3) is 10.9 Å². The number of rotatable bonds is 5. The molecule has 1 saturated carbocycles. The summed E-state index contributed by atoms with van der Waals surface area (Å²) in [4.78, 5) is 46.3. The second-order valence-corrected chi connectivity index (χ2v) is 9.00. The summed E-state index contributed by atoms with van der Waals surface area (Å²) in [6.45, 7) is 1.98. The van der Waals surface area contributed by atoms with Crippen molar-refractivity contribution in [3.8, 4) is 17.2 Å². The Balaban J connectivity index is 1.41. The van der Waals surface area contributed by atoms with Crippen molar-refractivity contribution in [1.29, 1.82) is 0 Å². The van der Waals surface area contributed by atoms with Crippen LogP contribution in [0.2, 0.25) is 0 Å². The van der Waals surface area contributed by atoms with Gasteiger partial charge in [0, 0.05) is 36.0 Å². The van der Waals surface area contributed by atoms with Gasteiger partial charge in [0.1, 0.15) is 5.69 Å². The summed E-state index contributed by atoms with van der Waals surface area (Å²) >= 11 is 0. The van der Waals surface area contributed by atoms with Gasteiger partial charge in [-0.05, 0) is 36.1 Å². The van der Waals surface area contributed by atoms with Crippen LogP contribution in [0.4, 0.5) is 0 Å². The molecule has 3 aromatic rings. The summed E-state index contributed by atoms with van der Waals surface area (Å²) < 4.78 is 16.4. The zero-order chi connectivity index (χ0) is 23.9. The summed E-state index contributed by atoms with van der Waals surface area (Å²) in [5.74, 6) is 1.01. The van der Waals surface area contributed by atoms with Crippen molar-refractivity contribution < 1.29 is 28.6 Å². The zero-order valence-electron chi connectivity index (χ0n) is 19.2. The number of carbonyl (C=O) groups excluding carboxylic acids is 3. The first-order valence-corrected chi connectivity index (χ1v) is 11.0. The molecule has 0 radical (unpaired) electrons. The van der Waals surface area contributed by atoms with E-state index in [4.69, 9.17) is 14.2 Å². The van der Waals surface area contributed by atoms with Crippen LogP contribution in [-0.2, 0) is 5.41 Å². The first kappa shape index (κ1) is 20.6. The fourth-order valence-electron chi connectivity index (χ4n) is 5.68. The molecular formula is C25H23N3O6. The largest absolute Gasteiger partial charge is 0.493 e. The lowest BCUT2D eigenvalue weighted by atomic mass is 9.85. The van der Waals surface area contributed by atoms with Crippen LogP contribution in [0.5, 0.6) is 17.2 Å². The standard InChI is InChI=1S/C25H23N3O6/c1-11(29)15-7-14-21(26-15)17(30)8-19-25(14)9-13(25)10-28(19)24(31)16-5-12-6-18(32-2)22(33-3)23(34-4)20(12)27-16/h5-8,13,26-27H,9-10H2,1-4H3. The number of aromatic amines is 2. The van der Waals surface area contributed by atoms with Crippen LogP contribution >= 0.6 is 0 Å². The molecule has 3 aliphatic rings. The third kappa shape index (κ3) is 2.46. The fourth-order valence-corrected chi connectivity index (χ4v) is 5.68. The first-order chi connectivity index (χ1) is 16.3. The molecule has 2 aromatic heterocycles. The highest BCUT2D eigenvalue weighted by Crippen LogP contribution is 2.66. The average Bonchev–Trinajstić information content (AvgIpc) is 3.18. The van der Waals surface area contributed by atoms with E-state index >= 15 is 0 Å². The van der Waals surface area contributed by atoms with Crippen LogP contribution in [0.3, 0.4) is 0 Å². The van der Waals surface area contributed by atoms with Gasteiger partial charge in [0.2, 0.25) is 11.5 Å². The maximum Gasteiger partial charge on any atom is 0.274 e. The van der Waals surface area contributed by atoms with Crippen LogP contribution in [0, 0.1) is 5.92 Å². The van der Waals surface area contributed by atoms with E-state index in [1.54, 1.807) is 29.2 Å². The minimum absolute atomic E-state index is 0.124. The summed E-state index contributed by atoms with van der Waals surface area (Å²) in [7, 11) is 4.59. The molecule has 2 aliphatic carbocycles. The molecule has 0 bridgehead atoms. The molecule has 9 nitrogen and oxygen atoms in total. The lowest BCUT2D eigenvalue weighted by Gasteiger charge is -2.27. The minimum atomic E-state index is -0.390. The van der Waals surface area contributed by atoms with Crippen LogP contribution < -0.4 is 14.2 Å². The Morgan fingerprint density at radius 2 is 1.79 bits per heavy atom. The predicted molar refractivity (Wildman–Crippen MR) is 122 cm³/mol. The smallest absolute Gasteiger partial charge is 0.274 e. The molecular weight excluding hydrogens is 438 g/mol. The zero-order valence-corrected chi connectivity index (χ0v) is 19.2. The van der Waals surface area contributed by atoms with Gasteiger partial charge in [-0.3, -0.25) is 14.4 Å². The van der Waals surface area contributed by atoms with Crippen molar-refractivity contribution >= 4 is 28.4 Å². The number of H-pyrrole nitrogens is 2. The van der Waals surface area contributed by atoms with E-state index < -0.39 is 0 Å². The Morgan fingerprint density at radius 3 is 2.47 bits per heavy atom. The molecule has 1 aromatic carbocycles. The second kappa shape index (κ2) is 6.75. The van der Waals surface area contributed by atoms with Crippen molar-refractivity contribution in [2.24, 2.45) is 5.92 Å². The number of nitrogens with zero attached hydrogens (tertiary/aromatic N) is 1. The number of ether oxygens (including phenoxy) is 3. The third-order valence-electron chi connectivity index (χ3n) is 7.34. The number of aromatic nitrogens is 2. The lowest BCUT2D eigenvalue weighted by molar-refractivity contribution is 0.0806. The van der Waals surface area contributed by atoms with Crippen molar-refractivity contribution in [2.75, 3.05) is 27.9 Å². The van der Waals surface area contributed by atoms with Crippen molar-refractivity contribution in [1.82, 2.24) is 14.9 Å². The quantitative estimate of drug-likeness (QED) is 0.564. The SMILES string of the molecule is COc1cc2cc(C(=O)N3CC4CC45C3=CC(=O)c3[nH]c(C(C)=O)cc35)[nH]c2c(OC)c1OC. The summed E-state index contributed by atoms with van der Waals surface area (Å²) in [6.07, 6.45) is 2.40. The predicted octanol–water partition coefficient (Wildman–Crippen LogP) is 3.22. The number of allylic oxidation sites excluding steroid dienone is 2. The van der Waals surface area contributed by atoms with E-state index in [-0.39, 0.29) is 28.8 Å². The Bertz CT molecular complexity index is 1460. The monoisotopic (exact) mass is 461 g/mol. The number of amides is 1. The molecule has 1 amide bonds. The van der Waals surface area contributed by atoms with E-state index in [9.17, 15) is 14.4 Å². The Hall–Kier alpha value is -4.01. The van der Waals surface area contributed by atoms with Gasteiger partial charge in [0.25, 0.3) is 5.91 Å². The van der Waals surface area contributed by atoms with Gasteiger partial charge in [-0.15, -0.1) is 0 Å². The number of nitrogens with one attached hydrogen (secondary N) is 2. The van der Waals surface area contributed by atoms with E-state index in [0.717, 1.165) is 17.4 Å². The van der Waals surface area contributed by atoms with Crippen molar-refractivity contribution in [3.63, 3.8) is 0 Å². The number of ketones is 2. The van der Waals surface area contributed by atoms with Crippen molar-refractivity contribution in [2.45, 2.75) is 18.8 Å². The first-order valence-electron chi connectivity index (χ1n) is 11.0. The van der Waals surface area contributed by atoms with Crippen molar-refractivity contribution in [3.05, 3.63) is 52.6 Å². The molecule has 1 saturated heterocycles. The maximum atomic E-state index is 13.7. The number of hydrogen-bond donors (Lipinski definition) is 2. The molecule has 6 rings (SSSR count). The van der Waals surface area contributed by atoms with Gasteiger partial charge in [-0.1, -0.05) is 0 Å². The number of methoxy groups -OCH3 is 3. The van der Waals surface area contributed by atoms with E-state index in [1.165, 1.54) is 28.3 Å². The maximum absolute atomic E-state index is 13.7. The van der Waals surface area contributed by atoms with Gasteiger partial charge < -0.3 is 29.1 Å². The van der Waals surface area contributed by atoms with E-state index in [0.29, 0.717) is 52.1 Å². The molecule has 9 heteroatoms. The van der Waals surface area contributed by atoms with Gasteiger partial charge in [0.15, 0.2) is 17.3 Å². The normalized spacial score (nSPS) is 22.1. The summed E-state index contributed by atoms with van der Waals surface area (Å²) in [5, 5.41) is 0.740.